The monoisotopic (exact) mass is 339 g/mol. The number of halogens is 2. The van der Waals surface area contributed by atoms with Crippen LogP contribution < -0.4 is 5.73 Å². The number of rotatable bonds is 3. The molecule has 2 rings (SSSR count). The summed E-state index contributed by atoms with van der Waals surface area (Å²) in [4.78, 5) is 8.91. The van der Waals surface area contributed by atoms with Crippen LogP contribution >= 0.6 is 27.5 Å². The maximum absolute atomic E-state index is 5.94. The van der Waals surface area contributed by atoms with Crippen LogP contribution in [-0.4, -0.2) is 9.97 Å². The molecule has 1 aromatic heterocycles. The topological polar surface area (TPSA) is 51.8 Å². The summed E-state index contributed by atoms with van der Waals surface area (Å²) in [6, 6.07) is 7.43. The molecule has 3 nitrogen and oxygen atoms in total. The molecule has 0 saturated carbocycles. The summed E-state index contributed by atoms with van der Waals surface area (Å²) < 4.78 is 0.791. The molecule has 0 aliphatic carbocycles. The van der Waals surface area contributed by atoms with Crippen molar-refractivity contribution in [2.75, 3.05) is 5.73 Å². The first-order chi connectivity index (χ1) is 8.97. The van der Waals surface area contributed by atoms with Crippen LogP contribution in [0.2, 0.25) is 5.02 Å². The van der Waals surface area contributed by atoms with Gasteiger partial charge in [0.05, 0.1) is 10.2 Å². The van der Waals surface area contributed by atoms with E-state index in [1.807, 2.05) is 24.3 Å². The molecular formula is C14H15BrClN3. The van der Waals surface area contributed by atoms with Crippen molar-refractivity contribution in [1.29, 1.82) is 0 Å². The summed E-state index contributed by atoms with van der Waals surface area (Å²) in [5, 5.41) is 0.691. The van der Waals surface area contributed by atoms with Gasteiger partial charge in [0.15, 0.2) is 5.82 Å². The smallest absolute Gasteiger partial charge is 0.161 e. The maximum atomic E-state index is 5.94. The van der Waals surface area contributed by atoms with Gasteiger partial charge >= 0.3 is 0 Å². The summed E-state index contributed by atoms with van der Waals surface area (Å²) in [7, 11) is 0. The molecule has 1 aromatic carbocycles. The molecule has 5 heteroatoms. The predicted octanol–water partition coefficient (Wildman–Crippen LogP) is 4.34. The van der Waals surface area contributed by atoms with Crippen LogP contribution in [0.1, 0.15) is 19.5 Å². The third-order valence-corrected chi connectivity index (χ3v) is 3.77. The zero-order valence-electron chi connectivity index (χ0n) is 10.8. The minimum atomic E-state index is 0.468. The van der Waals surface area contributed by atoms with E-state index in [2.05, 4.69) is 39.7 Å². The molecule has 0 saturated heterocycles. The average Bonchev–Trinajstić information content (AvgIpc) is 2.35. The van der Waals surface area contributed by atoms with Gasteiger partial charge in [-0.15, -0.1) is 0 Å². The Balaban J connectivity index is 2.46. The number of aromatic nitrogens is 2. The molecule has 0 aliphatic heterocycles. The third-order valence-electron chi connectivity index (χ3n) is 2.65. The molecule has 0 fully saturated rings. The number of benzene rings is 1. The zero-order chi connectivity index (χ0) is 14.0. The Kier molecular flexibility index (Phi) is 4.42. The fourth-order valence-corrected chi connectivity index (χ4v) is 2.23. The highest BCUT2D eigenvalue weighted by atomic mass is 79.9. The summed E-state index contributed by atoms with van der Waals surface area (Å²) in [6.45, 7) is 4.29. The van der Waals surface area contributed by atoms with Gasteiger partial charge in [0.1, 0.15) is 5.82 Å². The lowest BCUT2D eigenvalue weighted by Crippen LogP contribution is -2.05. The number of nitrogen functional groups attached to an aromatic ring is 1. The normalized spacial score (nSPS) is 11.0. The van der Waals surface area contributed by atoms with E-state index in [-0.39, 0.29) is 0 Å². The highest BCUT2D eigenvalue weighted by molar-refractivity contribution is 9.10. The van der Waals surface area contributed by atoms with Crippen molar-refractivity contribution in [1.82, 2.24) is 9.97 Å². The number of hydrogen-bond acceptors (Lipinski definition) is 3. The van der Waals surface area contributed by atoms with Crippen molar-refractivity contribution in [3.05, 3.63) is 39.5 Å². The van der Waals surface area contributed by atoms with Crippen molar-refractivity contribution >= 4 is 33.3 Å². The molecule has 0 bridgehead atoms. The summed E-state index contributed by atoms with van der Waals surface area (Å²) in [5.74, 6) is 1.60. The lowest BCUT2D eigenvalue weighted by atomic mass is 10.1. The van der Waals surface area contributed by atoms with E-state index in [9.17, 15) is 0 Å². The van der Waals surface area contributed by atoms with Crippen LogP contribution in [0.3, 0.4) is 0 Å². The number of nitrogens with zero attached hydrogens (tertiary/aromatic N) is 2. The molecule has 0 radical (unpaired) electrons. The lowest BCUT2D eigenvalue weighted by Gasteiger charge is -2.10. The summed E-state index contributed by atoms with van der Waals surface area (Å²) >= 11 is 9.34. The molecule has 2 aromatic rings. The van der Waals surface area contributed by atoms with E-state index in [0.717, 1.165) is 22.2 Å². The van der Waals surface area contributed by atoms with Gasteiger partial charge in [0.25, 0.3) is 0 Å². The zero-order valence-corrected chi connectivity index (χ0v) is 13.2. The van der Waals surface area contributed by atoms with E-state index in [1.165, 1.54) is 0 Å². The molecular weight excluding hydrogens is 326 g/mol. The lowest BCUT2D eigenvalue weighted by molar-refractivity contribution is 0.633. The second-order valence-electron chi connectivity index (χ2n) is 4.80. The van der Waals surface area contributed by atoms with Gasteiger partial charge < -0.3 is 5.73 Å². The molecule has 2 N–H and O–H groups in total. The van der Waals surface area contributed by atoms with E-state index in [4.69, 9.17) is 17.3 Å². The number of anilines is 1. The van der Waals surface area contributed by atoms with E-state index in [0.29, 0.717) is 22.6 Å². The first-order valence-electron chi connectivity index (χ1n) is 6.05. The molecule has 0 aliphatic rings. The largest absolute Gasteiger partial charge is 0.383 e. The Morgan fingerprint density at radius 3 is 2.42 bits per heavy atom. The van der Waals surface area contributed by atoms with Gasteiger partial charge in [0.2, 0.25) is 0 Å². The highest BCUT2D eigenvalue weighted by Gasteiger charge is 2.12. The molecule has 19 heavy (non-hydrogen) atoms. The third kappa shape index (κ3) is 3.45. The minimum absolute atomic E-state index is 0.468. The van der Waals surface area contributed by atoms with Crippen molar-refractivity contribution < 1.29 is 0 Å². The van der Waals surface area contributed by atoms with E-state index < -0.39 is 0 Å². The van der Waals surface area contributed by atoms with Crippen LogP contribution in [0.5, 0.6) is 0 Å². The van der Waals surface area contributed by atoms with Gasteiger partial charge in [-0.2, -0.15) is 0 Å². The molecule has 0 unspecified atom stereocenters. The Morgan fingerprint density at radius 2 is 1.84 bits per heavy atom. The van der Waals surface area contributed by atoms with Gasteiger partial charge in [-0.1, -0.05) is 25.4 Å². The number of hydrogen-bond donors (Lipinski definition) is 1. The van der Waals surface area contributed by atoms with Gasteiger partial charge in [-0.3, -0.25) is 0 Å². The SMILES string of the molecule is CC(C)Cc1nc(-c2ccc(Cl)cc2)nc(N)c1Br. The molecule has 1 heterocycles. The first kappa shape index (κ1) is 14.3. The Morgan fingerprint density at radius 1 is 1.21 bits per heavy atom. The van der Waals surface area contributed by atoms with E-state index in [1.54, 1.807) is 0 Å². The maximum Gasteiger partial charge on any atom is 0.161 e. The molecule has 100 valence electrons. The average molecular weight is 341 g/mol. The fourth-order valence-electron chi connectivity index (χ4n) is 1.76. The first-order valence-corrected chi connectivity index (χ1v) is 7.22. The van der Waals surface area contributed by atoms with Crippen molar-refractivity contribution in [2.24, 2.45) is 5.92 Å². The van der Waals surface area contributed by atoms with Crippen molar-refractivity contribution in [3.63, 3.8) is 0 Å². The van der Waals surface area contributed by atoms with Crippen molar-refractivity contribution in [2.45, 2.75) is 20.3 Å². The minimum Gasteiger partial charge on any atom is -0.383 e. The Bertz CT molecular complexity index is 582. The van der Waals surface area contributed by atoms with Gasteiger partial charge in [0, 0.05) is 10.6 Å². The van der Waals surface area contributed by atoms with Crippen LogP contribution in [0.4, 0.5) is 5.82 Å². The summed E-state index contributed by atoms with van der Waals surface area (Å²) in [6.07, 6.45) is 0.855. The summed E-state index contributed by atoms with van der Waals surface area (Å²) in [5.41, 5.74) is 7.79. The fraction of sp³-hybridized carbons (Fsp3) is 0.286. The van der Waals surface area contributed by atoms with E-state index >= 15 is 0 Å². The second-order valence-corrected chi connectivity index (χ2v) is 6.03. The Labute approximate surface area is 126 Å². The molecule has 0 atom stereocenters. The molecule has 0 amide bonds. The van der Waals surface area contributed by atoms with Crippen molar-refractivity contribution in [3.8, 4) is 11.4 Å². The highest BCUT2D eigenvalue weighted by Crippen LogP contribution is 2.27. The van der Waals surface area contributed by atoms with Crippen LogP contribution in [-0.2, 0) is 6.42 Å². The van der Waals surface area contributed by atoms with Crippen LogP contribution in [0, 0.1) is 5.92 Å². The predicted molar refractivity (Wildman–Crippen MR) is 83.1 cm³/mol. The quantitative estimate of drug-likeness (QED) is 0.904. The standard InChI is InChI=1S/C14H15BrClN3/c1-8(2)7-11-12(15)13(17)19-14(18-11)9-3-5-10(16)6-4-9/h3-6,8H,7H2,1-2H3,(H2,17,18,19). The van der Waals surface area contributed by atoms with Gasteiger partial charge in [-0.05, 0) is 52.5 Å². The van der Waals surface area contributed by atoms with Gasteiger partial charge in [-0.25, -0.2) is 9.97 Å². The number of nitrogens with two attached hydrogens (primary N) is 1. The Hall–Kier alpha value is -1.13. The molecule has 0 spiro atoms. The second kappa shape index (κ2) is 5.88. The van der Waals surface area contributed by atoms with Crippen LogP contribution in [0.25, 0.3) is 11.4 Å². The van der Waals surface area contributed by atoms with Crippen LogP contribution in [0.15, 0.2) is 28.7 Å².